The maximum Gasteiger partial charge on any atom is 0.219 e. The lowest BCUT2D eigenvalue weighted by atomic mass is 9.94. The molecular formula is C22H35N3O. The fraction of sp³-hybridized carbons (Fsp3) is 0.682. The van der Waals surface area contributed by atoms with Gasteiger partial charge in [-0.05, 0) is 63.7 Å². The van der Waals surface area contributed by atoms with Gasteiger partial charge < -0.3 is 9.80 Å². The Balaban J connectivity index is 1.58. The highest BCUT2D eigenvalue weighted by atomic mass is 16.2. The number of likely N-dealkylation sites (tertiary alicyclic amines) is 2. The second kappa shape index (κ2) is 9.52. The Kier molecular flexibility index (Phi) is 7.09. The first-order chi connectivity index (χ1) is 12.6. The van der Waals surface area contributed by atoms with Crippen LogP contribution in [0.5, 0.6) is 0 Å². The SMILES string of the molecule is CC(=O)N1CCC(N(CCc2ccccc2)CC2CCN(C)CC2)CC1. The lowest BCUT2D eigenvalue weighted by molar-refractivity contribution is -0.130. The van der Waals surface area contributed by atoms with E-state index in [4.69, 9.17) is 0 Å². The van der Waals surface area contributed by atoms with E-state index in [0.29, 0.717) is 6.04 Å². The van der Waals surface area contributed by atoms with Gasteiger partial charge in [-0.3, -0.25) is 9.69 Å². The van der Waals surface area contributed by atoms with Crippen molar-refractivity contribution in [3.05, 3.63) is 35.9 Å². The zero-order valence-corrected chi connectivity index (χ0v) is 16.6. The number of piperidine rings is 2. The zero-order valence-electron chi connectivity index (χ0n) is 16.6. The van der Waals surface area contributed by atoms with E-state index >= 15 is 0 Å². The largest absolute Gasteiger partial charge is 0.343 e. The molecular weight excluding hydrogens is 322 g/mol. The summed E-state index contributed by atoms with van der Waals surface area (Å²) in [5.74, 6) is 1.06. The van der Waals surface area contributed by atoms with Crippen molar-refractivity contribution in [1.82, 2.24) is 14.7 Å². The van der Waals surface area contributed by atoms with Gasteiger partial charge in [-0.2, -0.15) is 0 Å². The summed E-state index contributed by atoms with van der Waals surface area (Å²) in [5.41, 5.74) is 1.43. The molecule has 0 radical (unpaired) electrons. The summed E-state index contributed by atoms with van der Waals surface area (Å²) in [6, 6.07) is 11.5. The van der Waals surface area contributed by atoms with Gasteiger partial charge >= 0.3 is 0 Å². The monoisotopic (exact) mass is 357 g/mol. The number of amides is 1. The van der Waals surface area contributed by atoms with Gasteiger partial charge in [-0.15, -0.1) is 0 Å². The lowest BCUT2D eigenvalue weighted by Gasteiger charge is -2.41. The molecule has 1 amide bonds. The summed E-state index contributed by atoms with van der Waals surface area (Å²) in [6.45, 7) is 8.39. The van der Waals surface area contributed by atoms with Crippen molar-refractivity contribution in [2.24, 2.45) is 5.92 Å². The molecule has 0 aliphatic carbocycles. The summed E-state index contributed by atoms with van der Waals surface area (Å²) in [4.78, 5) is 18.9. The molecule has 1 aromatic rings. The molecule has 0 unspecified atom stereocenters. The van der Waals surface area contributed by atoms with E-state index in [1.165, 1.54) is 38.0 Å². The van der Waals surface area contributed by atoms with Crippen LogP contribution in [0.15, 0.2) is 30.3 Å². The van der Waals surface area contributed by atoms with Crippen molar-refractivity contribution in [3.63, 3.8) is 0 Å². The van der Waals surface area contributed by atoms with E-state index in [9.17, 15) is 4.79 Å². The molecule has 2 saturated heterocycles. The fourth-order valence-electron chi connectivity index (χ4n) is 4.46. The first-order valence-electron chi connectivity index (χ1n) is 10.3. The molecule has 26 heavy (non-hydrogen) atoms. The van der Waals surface area contributed by atoms with E-state index < -0.39 is 0 Å². The van der Waals surface area contributed by atoms with Crippen LogP contribution < -0.4 is 0 Å². The second-order valence-electron chi connectivity index (χ2n) is 8.21. The Morgan fingerprint density at radius 2 is 1.69 bits per heavy atom. The van der Waals surface area contributed by atoms with Crippen molar-refractivity contribution in [3.8, 4) is 0 Å². The Bertz CT molecular complexity index is 546. The third kappa shape index (κ3) is 5.55. The third-order valence-corrected chi connectivity index (χ3v) is 6.29. The molecule has 2 aliphatic heterocycles. The van der Waals surface area contributed by atoms with Crippen LogP contribution in [0.1, 0.15) is 38.2 Å². The van der Waals surface area contributed by atoms with Gasteiger partial charge in [0.1, 0.15) is 0 Å². The molecule has 0 saturated carbocycles. The quantitative estimate of drug-likeness (QED) is 0.783. The topological polar surface area (TPSA) is 26.8 Å². The summed E-state index contributed by atoms with van der Waals surface area (Å²) in [6.07, 6.45) is 6.03. The van der Waals surface area contributed by atoms with Crippen molar-refractivity contribution in [2.45, 2.75) is 45.1 Å². The molecule has 2 aliphatic rings. The van der Waals surface area contributed by atoms with Gasteiger partial charge in [0.15, 0.2) is 0 Å². The number of hydrogen-bond acceptors (Lipinski definition) is 3. The molecule has 0 spiro atoms. The van der Waals surface area contributed by atoms with Crippen LogP contribution in [0.2, 0.25) is 0 Å². The van der Waals surface area contributed by atoms with Gasteiger partial charge in [0.05, 0.1) is 0 Å². The zero-order chi connectivity index (χ0) is 18.4. The smallest absolute Gasteiger partial charge is 0.219 e. The summed E-state index contributed by atoms with van der Waals surface area (Å²) in [5, 5.41) is 0. The predicted octanol–water partition coefficient (Wildman–Crippen LogP) is 2.88. The van der Waals surface area contributed by atoms with Crippen molar-refractivity contribution in [2.75, 3.05) is 46.3 Å². The van der Waals surface area contributed by atoms with Gasteiger partial charge in [0.2, 0.25) is 5.91 Å². The standard InChI is InChI=1S/C22H35N3O/c1-19(26)24-16-11-22(12-17-24)25(15-10-20-6-4-3-5-7-20)18-21-8-13-23(2)14-9-21/h3-7,21-22H,8-18H2,1-2H3. The summed E-state index contributed by atoms with van der Waals surface area (Å²) >= 11 is 0. The second-order valence-corrected chi connectivity index (χ2v) is 8.21. The van der Waals surface area contributed by atoms with Gasteiger partial charge in [-0.25, -0.2) is 0 Å². The van der Waals surface area contributed by atoms with Crippen molar-refractivity contribution < 1.29 is 4.79 Å². The van der Waals surface area contributed by atoms with E-state index in [1.54, 1.807) is 6.92 Å². The van der Waals surface area contributed by atoms with Gasteiger partial charge in [0, 0.05) is 39.1 Å². The first-order valence-corrected chi connectivity index (χ1v) is 10.3. The number of nitrogens with zero attached hydrogens (tertiary/aromatic N) is 3. The van der Waals surface area contributed by atoms with E-state index in [-0.39, 0.29) is 5.91 Å². The molecule has 0 atom stereocenters. The molecule has 144 valence electrons. The molecule has 0 bridgehead atoms. The maximum absolute atomic E-state index is 11.6. The van der Waals surface area contributed by atoms with Crippen molar-refractivity contribution in [1.29, 1.82) is 0 Å². The molecule has 2 heterocycles. The van der Waals surface area contributed by atoms with Crippen LogP contribution in [0.4, 0.5) is 0 Å². The van der Waals surface area contributed by atoms with Crippen LogP contribution >= 0.6 is 0 Å². The molecule has 3 rings (SSSR count). The van der Waals surface area contributed by atoms with E-state index in [1.807, 2.05) is 4.90 Å². The Hall–Kier alpha value is -1.39. The van der Waals surface area contributed by atoms with Crippen LogP contribution in [0.25, 0.3) is 0 Å². The maximum atomic E-state index is 11.6. The minimum atomic E-state index is 0.231. The van der Waals surface area contributed by atoms with Crippen LogP contribution in [0, 0.1) is 5.92 Å². The van der Waals surface area contributed by atoms with Crippen LogP contribution in [0.3, 0.4) is 0 Å². The van der Waals surface area contributed by atoms with Crippen LogP contribution in [-0.4, -0.2) is 73.0 Å². The van der Waals surface area contributed by atoms with E-state index in [0.717, 1.165) is 44.8 Å². The summed E-state index contributed by atoms with van der Waals surface area (Å²) in [7, 11) is 2.24. The highest BCUT2D eigenvalue weighted by molar-refractivity contribution is 5.73. The molecule has 0 aromatic heterocycles. The number of carbonyl (C=O) groups is 1. The summed E-state index contributed by atoms with van der Waals surface area (Å²) < 4.78 is 0. The normalized spacial score (nSPS) is 20.7. The molecule has 0 N–H and O–H groups in total. The minimum Gasteiger partial charge on any atom is -0.343 e. The van der Waals surface area contributed by atoms with Crippen molar-refractivity contribution >= 4 is 5.91 Å². The molecule has 1 aromatic carbocycles. The number of carbonyl (C=O) groups excluding carboxylic acids is 1. The number of hydrogen-bond donors (Lipinski definition) is 0. The van der Waals surface area contributed by atoms with Gasteiger partial charge in [-0.1, -0.05) is 30.3 Å². The van der Waals surface area contributed by atoms with Gasteiger partial charge in [0.25, 0.3) is 0 Å². The molecule has 2 fully saturated rings. The average Bonchev–Trinajstić information content (AvgIpc) is 2.67. The average molecular weight is 358 g/mol. The number of benzene rings is 1. The first kappa shape index (κ1) is 19.4. The van der Waals surface area contributed by atoms with Crippen LogP contribution in [-0.2, 0) is 11.2 Å². The minimum absolute atomic E-state index is 0.231. The predicted molar refractivity (Wildman–Crippen MR) is 107 cm³/mol. The molecule has 4 heteroatoms. The lowest BCUT2D eigenvalue weighted by Crippen LogP contribution is -2.49. The number of rotatable bonds is 6. The Morgan fingerprint density at radius 3 is 2.31 bits per heavy atom. The highest BCUT2D eigenvalue weighted by Gasteiger charge is 2.28. The molecule has 4 nitrogen and oxygen atoms in total. The highest BCUT2D eigenvalue weighted by Crippen LogP contribution is 2.23. The Morgan fingerprint density at radius 1 is 1.04 bits per heavy atom. The third-order valence-electron chi connectivity index (χ3n) is 6.29. The Labute approximate surface area is 159 Å². The van der Waals surface area contributed by atoms with E-state index in [2.05, 4.69) is 47.2 Å². The fourth-order valence-corrected chi connectivity index (χ4v) is 4.46.